The van der Waals surface area contributed by atoms with Gasteiger partial charge in [-0.05, 0) is 64.4 Å². The Morgan fingerprint density at radius 3 is 2.75 bits per heavy atom. The van der Waals surface area contributed by atoms with Crippen LogP contribution in [0.1, 0.15) is 56.1 Å². The second-order valence-corrected chi connectivity index (χ2v) is 9.92. The predicted molar refractivity (Wildman–Crippen MR) is 128 cm³/mol. The van der Waals surface area contributed by atoms with Gasteiger partial charge in [0.05, 0.1) is 28.0 Å². The molecule has 1 amide bonds. The first kappa shape index (κ1) is 21.3. The number of hydrogen-bond acceptors (Lipinski definition) is 6. The molecule has 2 aliphatic rings. The third kappa shape index (κ3) is 3.97. The monoisotopic (exact) mass is 450 g/mol. The molecular formula is C24H30N6OS. The second kappa shape index (κ2) is 8.75. The first-order chi connectivity index (χ1) is 15.5. The lowest BCUT2D eigenvalue weighted by molar-refractivity contribution is -0.114. The number of rotatable bonds is 5. The van der Waals surface area contributed by atoms with Crippen molar-refractivity contribution < 1.29 is 4.79 Å². The van der Waals surface area contributed by atoms with Gasteiger partial charge in [0.25, 0.3) is 0 Å². The van der Waals surface area contributed by atoms with Crippen LogP contribution in [-0.2, 0) is 24.1 Å². The largest absolute Gasteiger partial charge is 0.306 e. The number of pyridine rings is 1. The van der Waals surface area contributed by atoms with E-state index in [1.165, 1.54) is 18.2 Å². The highest BCUT2D eigenvalue weighted by atomic mass is 32.1. The summed E-state index contributed by atoms with van der Waals surface area (Å²) < 4.78 is 2.27. The fraction of sp³-hybridized carbons (Fsp3) is 0.500. The minimum atomic E-state index is -0.0842. The highest BCUT2D eigenvalue weighted by molar-refractivity contribution is 7.19. The molecule has 1 N–H and O–H groups in total. The lowest BCUT2D eigenvalue weighted by Gasteiger charge is -2.30. The molecule has 0 atom stereocenters. The standard InChI is InChI=1S/C24H30N6OS/c1-4-5-17-7-6-16(14-25-17)21-19-8-9-20-23(32-24(27-20)26-15(2)31)22(19)30(28-21)18-10-12-29(3)13-11-18/h6-7,14,18H,4-5,8-13H2,1-3H3,(H,26,27,31). The number of carbonyl (C=O) groups excluding carboxylic acids is 1. The highest BCUT2D eigenvalue weighted by Crippen LogP contribution is 2.45. The fourth-order valence-corrected chi connectivity index (χ4v) is 5.93. The van der Waals surface area contributed by atoms with Crippen LogP contribution in [0.3, 0.4) is 0 Å². The average Bonchev–Trinajstić information content (AvgIpc) is 3.35. The smallest absolute Gasteiger partial charge is 0.223 e. The van der Waals surface area contributed by atoms with Crippen LogP contribution in [0.15, 0.2) is 18.3 Å². The molecule has 0 unspecified atom stereocenters. The summed E-state index contributed by atoms with van der Waals surface area (Å²) in [6.45, 7) is 5.86. The first-order valence-corrected chi connectivity index (χ1v) is 12.4. The zero-order valence-corrected chi connectivity index (χ0v) is 19.8. The maximum atomic E-state index is 11.6. The van der Waals surface area contributed by atoms with Crippen LogP contribution in [0, 0.1) is 0 Å². The fourth-order valence-electron chi connectivity index (χ4n) is 4.80. The van der Waals surface area contributed by atoms with Crippen molar-refractivity contribution in [3.05, 3.63) is 35.3 Å². The molecule has 168 valence electrons. The van der Waals surface area contributed by atoms with E-state index in [1.807, 2.05) is 6.20 Å². The van der Waals surface area contributed by atoms with Gasteiger partial charge in [0.15, 0.2) is 5.13 Å². The Balaban J connectivity index is 1.60. The topological polar surface area (TPSA) is 75.9 Å². The summed E-state index contributed by atoms with van der Waals surface area (Å²) in [6.07, 6.45) is 8.03. The molecule has 5 rings (SSSR count). The summed E-state index contributed by atoms with van der Waals surface area (Å²) >= 11 is 1.57. The first-order valence-electron chi connectivity index (χ1n) is 11.6. The minimum Gasteiger partial charge on any atom is -0.306 e. The minimum absolute atomic E-state index is 0.0842. The molecule has 3 aromatic heterocycles. The number of nitrogens with zero attached hydrogens (tertiary/aromatic N) is 5. The zero-order valence-electron chi connectivity index (χ0n) is 19.0. The van der Waals surface area contributed by atoms with E-state index in [1.54, 1.807) is 11.3 Å². The maximum Gasteiger partial charge on any atom is 0.223 e. The van der Waals surface area contributed by atoms with Gasteiger partial charge in [-0.25, -0.2) is 4.98 Å². The molecule has 1 fully saturated rings. The van der Waals surface area contributed by atoms with Crippen LogP contribution >= 0.6 is 11.3 Å². The number of carbonyl (C=O) groups is 1. The van der Waals surface area contributed by atoms with Crippen LogP contribution in [0.5, 0.6) is 0 Å². The molecule has 4 heterocycles. The summed E-state index contributed by atoms with van der Waals surface area (Å²) in [5.74, 6) is -0.0842. The highest BCUT2D eigenvalue weighted by Gasteiger charge is 2.32. The molecule has 0 radical (unpaired) electrons. The molecule has 1 saturated heterocycles. The van der Waals surface area contributed by atoms with Gasteiger partial charge < -0.3 is 10.2 Å². The molecule has 1 aliphatic heterocycles. The third-order valence-corrected chi connectivity index (χ3v) is 7.47. The summed E-state index contributed by atoms with van der Waals surface area (Å²) in [5, 5.41) is 8.76. The van der Waals surface area contributed by atoms with E-state index in [9.17, 15) is 4.79 Å². The van der Waals surface area contributed by atoms with Gasteiger partial charge in [-0.15, -0.1) is 0 Å². The van der Waals surface area contributed by atoms with Crippen molar-refractivity contribution in [3.8, 4) is 21.8 Å². The lowest BCUT2D eigenvalue weighted by Crippen LogP contribution is -2.32. The predicted octanol–water partition coefficient (Wildman–Crippen LogP) is 4.34. The Bertz CT molecular complexity index is 1120. The quantitative estimate of drug-likeness (QED) is 0.626. The molecule has 0 saturated carbocycles. The van der Waals surface area contributed by atoms with Gasteiger partial charge in [-0.2, -0.15) is 5.10 Å². The molecule has 7 nitrogen and oxygen atoms in total. The van der Waals surface area contributed by atoms with Crippen LogP contribution in [0.25, 0.3) is 21.8 Å². The average molecular weight is 451 g/mol. The van der Waals surface area contributed by atoms with Crippen molar-refractivity contribution in [2.75, 3.05) is 25.5 Å². The van der Waals surface area contributed by atoms with Gasteiger partial charge in [0, 0.05) is 29.9 Å². The number of nitrogens with one attached hydrogen (secondary N) is 1. The number of thiazole rings is 1. The van der Waals surface area contributed by atoms with E-state index < -0.39 is 0 Å². The van der Waals surface area contributed by atoms with Crippen molar-refractivity contribution >= 4 is 22.4 Å². The number of hydrogen-bond donors (Lipinski definition) is 1. The molecule has 3 aromatic rings. The number of aromatic nitrogens is 4. The Kier molecular flexibility index (Phi) is 5.82. The molecule has 1 aliphatic carbocycles. The number of aryl methyl sites for hydroxylation is 2. The lowest BCUT2D eigenvalue weighted by atomic mass is 9.94. The summed E-state index contributed by atoms with van der Waals surface area (Å²) in [7, 11) is 2.19. The van der Waals surface area contributed by atoms with Crippen LogP contribution in [0.4, 0.5) is 5.13 Å². The third-order valence-electron chi connectivity index (χ3n) is 6.45. The van der Waals surface area contributed by atoms with Gasteiger partial charge in [0.1, 0.15) is 0 Å². The van der Waals surface area contributed by atoms with E-state index in [-0.39, 0.29) is 5.91 Å². The summed E-state index contributed by atoms with van der Waals surface area (Å²) in [5.41, 5.74) is 6.83. The van der Waals surface area contributed by atoms with Gasteiger partial charge >= 0.3 is 0 Å². The Morgan fingerprint density at radius 2 is 2.06 bits per heavy atom. The van der Waals surface area contributed by atoms with Crippen molar-refractivity contribution in [3.63, 3.8) is 0 Å². The Hall–Kier alpha value is -2.58. The van der Waals surface area contributed by atoms with E-state index in [2.05, 4.69) is 41.0 Å². The van der Waals surface area contributed by atoms with Gasteiger partial charge in [-0.3, -0.25) is 14.5 Å². The number of piperidine rings is 1. The van der Waals surface area contributed by atoms with Crippen molar-refractivity contribution in [2.45, 2.75) is 58.4 Å². The molecule has 0 spiro atoms. The Morgan fingerprint density at radius 1 is 1.25 bits per heavy atom. The molecule has 0 aromatic carbocycles. The van der Waals surface area contributed by atoms with Crippen molar-refractivity contribution in [1.29, 1.82) is 0 Å². The zero-order chi connectivity index (χ0) is 22.2. The van der Waals surface area contributed by atoms with E-state index >= 15 is 0 Å². The molecule has 8 heteroatoms. The number of fused-ring (bicyclic) bond motifs is 3. The van der Waals surface area contributed by atoms with E-state index in [0.29, 0.717) is 11.2 Å². The van der Waals surface area contributed by atoms with E-state index in [4.69, 9.17) is 15.1 Å². The molecular weight excluding hydrogens is 420 g/mol. The number of amides is 1. The van der Waals surface area contributed by atoms with Crippen LogP contribution in [-0.4, -0.2) is 50.7 Å². The van der Waals surface area contributed by atoms with E-state index in [0.717, 1.165) is 79.1 Å². The number of likely N-dealkylation sites (tertiary alicyclic amines) is 1. The maximum absolute atomic E-state index is 11.6. The SMILES string of the molecule is CCCc1ccc(-c2nn(C3CCN(C)CC3)c3c2CCc2nc(NC(C)=O)sc2-3)cn1. The summed E-state index contributed by atoms with van der Waals surface area (Å²) in [4.78, 5) is 24.6. The van der Waals surface area contributed by atoms with Crippen molar-refractivity contribution in [1.82, 2.24) is 24.6 Å². The summed E-state index contributed by atoms with van der Waals surface area (Å²) in [6, 6.07) is 4.68. The Labute approximate surface area is 192 Å². The van der Waals surface area contributed by atoms with Gasteiger partial charge in [0.2, 0.25) is 5.91 Å². The normalized spacial score (nSPS) is 16.6. The number of anilines is 1. The van der Waals surface area contributed by atoms with Gasteiger partial charge in [-0.1, -0.05) is 24.7 Å². The van der Waals surface area contributed by atoms with Crippen LogP contribution in [0.2, 0.25) is 0 Å². The molecule has 32 heavy (non-hydrogen) atoms. The second-order valence-electron chi connectivity index (χ2n) is 8.92. The molecule has 0 bridgehead atoms. The van der Waals surface area contributed by atoms with Crippen LogP contribution < -0.4 is 5.32 Å². The van der Waals surface area contributed by atoms with Crippen molar-refractivity contribution in [2.24, 2.45) is 0 Å².